The van der Waals surface area contributed by atoms with Crippen molar-refractivity contribution < 1.29 is 32.2 Å². The number of halogens is 1. The van der Waals surface area contributed by atoms with Crippen molar-refractivity contribution >= 4 is 31.9 Å². The smallest absolute Gasteiger partial charge is 0.411 e. The maximum Gasteiger partial charge on any atom is 0.411 e. The molecule has 8 nitrogen and oxygen atoms in total. The van der Waals surface area contributed by atoms with Crippen molar-refractivity contribution in [1.29, 1.82) is 0 Å². The van der Waals surface area contributed by atoms with Crippen molar-refractivity contribution in [2.24, 2.45) is 0 Å². The molecule has 1 aliphatic rings. The normalized spacial score (nSPS) is 16.4. The predicted molar refractivity (Wildman–Crippen MR) is 141 cm³/mol. The SMILES string of the molecule is COc1ccc(COCC(N2C(=O)OCC2Cc2cc(OC)ccc2Br)S(=O)(=O)c2ccccc2)cc1. The minimum absolute atomic E-state index is 0.0573. The lowest BCUT2D eigenvalue weighted by Crippen LogP contribution is -2.49. The summed E-state index contributed by atoms with van der Waals surface area (Å²) in [6, 6.07) is 20.3. The molecule has 2 atom stereocenters. The quantitative estimate of drug-likeness (QED) is 0.316. The monoisotopic (exact) mass is 589 g/mol. The Kier molecular flexibility index (Phi) is 8.73. The standard InChI is InChI=1S/C27H28BrNO7S/c1-33-22-10-8-19(9-11-22)16-35-18-26(37(31,32)24-6-4-3-5-7-24)29-21(17-36-27(29)30)14-20-15-23(34-2)12-13-25(20)28/h3-13,15,21,26H,14,16-18H2,1-2H3. The van der Waals surface area contributed by atoms with Crippen molar-refractivity contribution in [3.63, 3.8) is 0 Å². The maximum absolute atomic E-state index is 13.8. The van der Waals surface area contributed by atoms with E-state index < -0.39 is 27.3 Å². The summed E-state index contributed by atoms with van der Waals surface area (Å²) in [4.78, 5) is 14.3. The Labute approximate surface area is 225 Å². The van der Waals surface area contributed by atoms with Gasteiger partial charge in [-0.25, -0.2) is 13.2 Å². The van der Waals surface area contributed by atoms with E-state index in [1.807, 2.05) is 30.3 Å². The average molecular weight is 590 g/mol. The van der Waals surface area contributed by atoms with Crippen molar-refractivity contribution in [3.8, 4) is 11.5 Å². The van der Waals surface area contributed by atoms with Gasteiger partial charge in [-0.2, -0.15) is 0 Å². The molecule has 1 amide bonds. The van der Waals surface area contributed by atoms with Crippen molar-refractivity contribution in [1.82, 2.24) is 4.90 Å². The average Bonchev–Trinajstić information content (AvgIpc) is 3.27. The van der Waals surface area contributed by atoms with Gasteiger partial charge in [-0.3, -0.25) is 4.90 Å². The number of methoxy groups -OCH3 is 2. The third-order valence-corrected chi connectivity index (χ3v) is 8.92. The highest BCUT2D eigenvalue weighted by Crippen LogP contribution is 2.30. The second-order valence-electron chi connectivity index (χ2n) is 8.48. The number of nitrogens with zero attached hydrogens (tertiary/aromatic N) is 1. The minimum atomic E-state index is -3.99. The fourth-order valence-electron chi connectivity index (χ4n) is 4.16. The number of amides is 1. The van der Waals surface area contributed by atoms with Gasteiger partial charge < -0.3 is 18.9 Å². The minimum Gasteiger partial charge on any atom is -0.497 e. The number of cyclic esters (lactones) is 1. The molecule has 0 saturated carbocycles. The Morgan fingerprint density at radius 1 is 1.00 bits per heavy atom. The topological polar surface area (TPSA) is 91.4 Å². The van der Waals surface area contributed by atoms with Gasteiger partial charge in [-0.15, -0.1) is 0 Å². The van der Waals surface area contributed by atoms with E-state index in [1.54, 1.807) is 44.6 Å². The second-order valence-corrected chi connectivity index (χ2v) is 11.4. The van der Waals surface area contributed by atoms with E-state index in [0.29, 0.717) is 17.9 Å². The molecule has 1 aliphatic heterocycles. The zero-order valence-electron chi connectivity index (χ0n) is 20.5. The first-order valence-electron chi connectivity index (χ1n) is 11.6. The molecule has 3 aromatic carbocycles. The number of rotatable bonds is 11. The largest absolute Gasteiger partial charge is 0.497 e. The van der Waals surface area contributed by atoms with Gasteiger partial charge in [0.25, 0.3) is 0 Å². The molecule has 10 heteroatoms. The highest BCUT2D eigenvalue weighted by atomic mass is 79.9. The molecule has 0 aromatic heterocycles. The molecule has 0 N–H and O–H groups in total. The Hall–Kier alpha value is -3.08. The van der Waals surface area contributed by atoms with E-state index in [2.05, 4.69) is 15.9 Å². The van der Waals surface area contributed by atoms with Crippen LogP contribution in [0, 0.1) is 0 Å². The van der Waals surface area contributed by atoms with Crippen LogP contribution in [0.25, 0.3) is 0 Å². The Morgan fingerprint density at radius 3 is 2.35 bits per heavy atom. The highest BCUT2D eigenvalue weighted by molar-refractivity contribution is 9.10. The first kappa shape index (κ1) is 27.0. The fourth-order valence-corrected chi connectivity index (χ4v) is 6.25. The molecule has 37 heavy (non-hydrogen) atoms. The van der Waals surface area contributed by atoms with Gasteiger partial charge in [0.2, 0.25) is 9.84 Å². The predicted octanol–water partition coefficient (Wildman–Crippen LogP) is 4.85. The molecule has 0 spiro atoms. The third kappa shape index (κ3) is 6.26. The summed E-state index contributed by atoms with van der Waals surface area (Å²) in [6.07, 6.45) is -0.329. The van der Waals surface area contributed by atoms with E-state index in [9.17, 15) is 13.2 Å². The number of hydrogen-bond donors (Lipinski definition) is 0. The van der Waals surface area contributed by atoms with Crippen LogP contribution in [-0.4, -0.2) is 58.3 Å². The summed E-state index contributed by atoms with van der Waals surface area (Å²) in [7, 11) is -0.830. The highest BCUT2D eigenvalue weighted by Gasteiger charge is 2.45. The van der Waals surface area contributed by atoms with E-state index in [1.165, 1.54) is 17.0 Å². The molecule has 196 valence electrons. The lowest BCUT2D eigenvalue weighted by atomic mass is 10.1. The number of carbonyl (C=O) groups excluding carboxylic acids is 1. The summed E-state index contributed by atoms with van der Waals surface area (Å²) in [6.45, 7) is -0.00427. The van der Waals surface area contributed by atoms with Gasteiger partial charge in [0.1, 0.15) is 18.1 Å². The summed E-state index contributed by atoms with van der Waals surface area (Å²) < 4.78 is 50.1. The van der Waals surface area contributed by atoms with Crippen molar-refractivity contribution in [2.45, 2.75) is 29.3 Å². The van der Waals surface area contributed by atoms with Crippen LogP contribution < -0.4 is 9.47 Å². The van der Waals surface area contributed by atoms with Gasteiger partial charge in [0.05, 0.1) is 38.4 Å². The van der Waals surface area contributed by atoms with Crippen molar-refractivity contribution in [3.05, 3.63) is 88.4 Å². The molecule has 4 rings (SSSR count). The molecular formula is C27H28BrNO7S. The molecule has 1 heterocycles. The van der Waals surface area contributed by atoms with E-state index in [4.69, 9.17) is 18.9 Å². The van der Waals surface area contributed by atoms with Crippen LogP contribution in [0.5, 0.6) is 11.5 Å². The van der Waals surface area contributed by atoms with E-state index in [0.717, 1.165) is 15.6 Å². The molecular weight excluding hydrogens is 562 g/mol. The van der Waals surface area contributed by atoms with Crippen LogP contribution >= 0.6 is 15.9 Å². The van der Waals surface area contributed by atoms with Crippen LogP contribution in [0.15, 0.2) is 82.2 Å². The third-order valence-electron chi connectivity index (χ3n) is 6.14. The first-order valence-corrected chi connectivity index (χ1v) is 13.9. The zero-order chi connectivity index (χ0) is 26.4. The van der Waals surface area contributed by atoms with E-state index in [-0.39, 0.29) is 24.7 Å². The summed E-state index contributed by atoms with van der Waals surface area (Å²) in [5.74, 6) is 1.37. The Morgan fingerprint density at radius 2 is 1.68 bits per heavy atom. The van der Waals surface area contributed by atoms with Gasteiger partial charge in [0, 0.05) is 4.47 Å². The maximum atomic E-state index is 13.8. The molecule has 1 saturated heterocycles. The van der Waals surface area contributed by atoms with Crippen LogP contribution in [0.4, 0.5) is 4.79 Å². The van der Waals surface area contributed by atoms with Gasteiger partial charge in [-0.05, 0) is 60.0 Å². The summed E-state index contributed by atoms with van der Waals surface area (Å²) in [5, 5.41) is -1.28. The molecule has 2 unspecified atom stereocenters. The fraction of sp³-hybridized carbons (Fsp3) is 0.296. The van der Waals surface area contributed by atoms with Crippen molar-refractivity contribution in [2.75, 3.05) is 27.4 Å². The summed E-state index contributed by atoms with van der Waals surface area (Å²) >= 11 is 3.54. The Balaban J connectivity index is 1.61. The number of ether oxygens (including phenoxy) is 4. The summed E-state index contributed by atoms with van der Waals surface area (Å²) in [5.41, 5.74) is 1.71. The number of benzene rings is 3. The van der Waals surface area contributed by atoms with Crippen LogP contribution in [-0.2, 0) is 32.3 Å². The number of hydrogen-bond acceptors (Lipinski definition) is 7. The molecule has 3 aromatic rings. The van der Waals surface area contributed by atoms with Gasteiger partial charge >= 0.3 is 6.09 Å². The lowest BCUT2D eigenvalue weighted by Gasteiger charge is -2.30. The number of sulfone groups is 1. The van der Waals surface area contributed by atoms with Crippen LogP contribution in [0.1, 0.15) is 11.1 Å². The van der Waals surface area contributed by atoms with Gasteiger partial charge in [-0.1, -0.05) is 46.3 Å². The molecule has 0 radical (unpaired) electrons. The Bertz CT molecular complexity index is 1320. The van der Waals surface area contributed by atoms with Gasteiger partial charge in [0.15, 0.2) is 5.37 Å². The number of carbonyl (C=O) groups is 1. The van der Waals surface area contributed by atoms with Crippen LogP contribution in [0.3, 0.4) is 0 Å². The molecule has 0 bridgehead atoms. The second kappa shape index (κ2) is 12.0. The zero-order valence-corrected chi connectivity index (χ0v) is 22.9. The van der Waals surface area contributed by atoms with E-state index >= 15 is 0 Å². The molecule has 1 fully saturated rings. The van der Waals surface area contributed by atoms with Crippen LogP contribution in [0.2, 0.25) is 0 Å². The lowest BCUT2D eigenvalue weighted by molar-refractivity contribution is 0.0801. The molecule has 0 aliphatic carbocycles. The first-order chi connectivity index (χ1) is 17.8.